The second-order valence-corrected chi connectivity index (χ2v) is 6.92. The van der Waals surface area contributed by atoms with Gasteiger partial charge in [-0.15, -0.1) is 0 Å². The summed E-state index contributed by atoms with van der Waals surface area (Å²) in [5, 5.41) is 16.9. The minimum Gasteiger partial charge on any atom is -0.478 e. The summed E-state index contributed by atoms with van der Waals surface area (Å²) >= 11 is 0. The number of carbonyl (C=O) groups is 2. The van der Waals surface area contributed by atoms with Crippen molar-refractivity contribution in [2.75, 3.05) is 0 Å². The number of hydrogen-bond donors (Lipinski definition) is 4. The number of rotatable bonds is 2. The van der Waals surface area contributed by atoms with E-state index < -0.39 is 11.9 Å². The third kappa shape index (κ3) is 20.4. The lowest BCUT2D eigenvalue weighted by Gasteiger charge is -2.06. The molecule has 0 heterocycles. The van der Waals surface area contributed by atoms with Crippen molar-refractivity contribution in [3.05, 3.63) is 35.4 Å². The Morgan fingerprint density at radius 1 is 0.727 bits per heavy atom. The van der Waals surface area contributed by atoms with Crippen molar-refractivity contribution in [3.8, 4) is 0 Å². The molecule has 0 amide bonds. The monoisotopic (exact) mass is 312 g/mol. The van der Waals surface area contributed by atoms with Gasteiger partial charge in [0.2, 0.25) is 0 Å². The molecule has 0 fully saturated rings. The molecule has 1 aromatic carbocycles. The molecule has 6 nitrogen and oxygen atoms in total. The maximum Gasteiger partial charge on any atom is 0.335 e. The smallest absolute Gasteiger partial charge is 0.335 e. The van der Waals surface area contributed by atoms with Gasteiger partial charge in [0, 0.05) is 11.1 Å². The fourth-order valence-corrected chi connectivity index (χ4v) is 0.755. The van der Waals surface area contributed by atoms with Gasteiger partial charge in [0.25, 0.3) is 0 Å². The van der Waals surface area contributed by atoms with Crippen LogP contribution in [0.3, 0.4) is 0 Å². The quantitative estimate of drug-likeness (QED) is 0.664. The highest BCUT2D eigenvalue weighted by molar-refractivity contribution is 5.91. The predicted octanol–water partition coefficient (Wildman–Crippen LogP) is 2.57. The lowest BCUT2D eigenvalue weighted by Crippen LogP contribution is -2.26. The molecule has 1 aromatic rings. The van der Waals surface area contributed by atoms with E-state index in [1.54, 1.807) is 0 Å². The van der Waals surface area contributed by atoms with E-state index in [0.717, 1.165) is 0 Å². The van der Waals surface area contributed by atoms with Crippen LogP contribution in [0.15, 0.2) is 24.3 Å². The van der Waals surface area contributed by atoms with Gasteiger partial charge in [0.05, 0.1) is 11.1 Å². The van der Waals surface area contributed by atoms with Gasteiger partial charge >= 0.3 is 11.9 Å². The van der Waals surface area contributed by atoms with E-state index in [1.165, 1.54) is 24.3 Å². The molecule has 126 valence electrons. The zero-order valence-electron chi connectivity index (χ0n) is 14.2. The molecule has 0 saturated heterocycles. The average molecular weight is 312 g/mol. The molecule has 0 spiro atoms. The van der Waals surface area contributed by atoms with Crippen LogP contribution in [0.5, 0.6) is 0 Å². The number of aromatic carboxylic acids is 2. The molecule has 0 radical (unpaired) electrons. The molecule has 0 atom stereocenters. The molecule has 1 rings (SSSR count). The first-order valence-corrected chi connectivity index (χ1v) is 6.75. The highest BCUT2D eigenvalue weighted by Crippen LogP contribution is 2.03. The lowest BCUT2D eigenvalue weighted by molar-refractivity contribution is 0.0681. The van der Waals surface area contributed by atoms with Crippen molar-refractivity contribution in [2.24, 2.45) is 11.5 Å². The highest BCUT2D eigenvalue weighted by Gasteiger charge is 2.04. The van der Waals surface area contributed by atoms with E-state index in [-0.39, 0.29) is 22.2 Å². The maximum atomic E-state index is 10.3. The molecule has 6 heteroatoms. The van der Waals surface area contributed by atoms with Crippen LogP contribution in [-0.4, -0.2) is 33.2 Å². The summed E-state index contributed by atoms with van der Waals surface area (Å²) < 4.78 is 0. The standard InChI is InChI=1S/C8H6O4.2C4H11N/c9-7(10)5-1-2-6(4-3-5)8(11)12;2*1-4(2,3)5/h1-4H,(H,9,10)(H,11,12);2*5H2,1-3H3. The molecule has 0 aromatic heterocycles. The average Bonchev–Trinajstić information content (AvgIpc) is 2.24. The van der Waals surface area contributed by atoms with Gasteiger partial charge in [-0.25, -0.2) is 9.59 Å². The van der Waals surface area contributed by atoms with Gasteiger partial charge in [0.15, 0.2) is 0 Å². The second kappa shape index (κ2) is 9.17. The Morgan fingerprint density at radius 2 is 0.864 bits per heavy atom. The second-order valence-electron chi connectivity index (χ2n) is 6.92. The van der Waals surface area contributed by atoms with Crippen LogP contribution in [0.25, 0.3) is 0 Å². The molecule has 0 bridgehead atoms. The first-order chi connectivity index (χ1) is 9.61. The molecule has 0 aliphatic heterocycles. The van der Waals surface area contributed by atoms with E-state index >= 15 is 0 Å². The summed E-state index contributed by atoms with van der Waals surface area (Å²) in [5.74, 6) is -2.13. The van der Waals surface area contributed by atoms with Crippen LogP contribution >= 0.6 is 0 Å². The van der Waals surface area contributed by atoms with E-state index in [9.17, 15) is 9.59 Å². The lowest BCUT2D eigenvalue weighted by atomic mass is 10.1. The van der Waals surface area contributed by atoms with Crippen molar-refractivity contribution in [2.45, 2.75) is 52.6 Å². The van der Waals surface area contributed by atoms with E-state index in [4.69, 9.17) is 21.7 Å². The summed E-state index contributed by atoms with van der Waals surface area (Å²) in [6.07, 6.45) is 0. The van der Waals surface area contributed by atoms with Crippen LogP contribution in [0.4, 0.5) is 0 Å². The molecule has 0 saturated carbocycles. The Hall–Kier alpha value is -1.92. The summed E-state index contributed by atoms with van der Waals surface area (Å²) in [7, 11) is 0. The van der Waals surface area contributed by atoms with Gasteiger partial charge in [-0.05, 0) is 65.8 Å². The van der Waals surface area contributed by atoms with Crippen LogP contribution in [0.1, 0.15) is 62.3 Å². The number of carboxylic acid groups (broad SMARTS) is 2. The van der Waals surface area contributed by atoms with E-state index in [0.29, 0.717) is 0 Å². The summed E-state index contributed by atoms with van der Waals surface area (Å²) in [4.78, 5) is 20.7. The molecular formula is C16H28N2O4. The highest BCUT2D eigenvalue weighted by atomic mass is 16.4. The van der Waals surface area contributed by atoms with Crippen molar-refractivity contribution in [1.29, 1.82) is 0 Å². The van der Waals surface area contributed by atoms with Crippen LogP contribution in [0, 0.1) is 0 Å². The zero-order chi connectivity index (χ0) is 18.1. The fraction of sp³-hybridized carbons (Fsp3) is 0.500. The van der Waals surface area contributed by atoms with Crippen LogP contribution in [-0.2, 0) is 0 Å². The van der Waals surface area contributed by atoms with Crippen molar-refractivity contribution in [1.82, 2.24) is 0 Å². The summed E-state index contributed by atoms with van der Waals surface area (Å²) in [6, 6.07) is 5.02. The van der Waals surface area contributed by atoms with Gasteiger partial charge in [0.1, 0.15) is 0 Å². The Labute approximate surface area is 132 Å². The molecule has 22 heavy (non-hydrogen) atoms. The first-order valence-electron chi connectivity index (χ1n) is 6.75. The minimum atomic E-state index is -1.06. The van der Waals surface area contributed by atoms with Crippen LogP contribution < -0.4 is 11.5 Å². The van der Waals surface area contributed by atoms with Gasteiger partial charge in [-0.3, -0.25) is 0 Å². The fourth-order valence-electron chi connectivity index (χ4n) is 0.755. The largest absolute Gasteiger partial charge is 0.478 e. The number of carboxylic acids is 2. The summed E-state index contributed by atoms with van der Waals surface area (Å²) in [6.45, 7) is 11.8. The molecule has 0 aliphatic carbocycles. The van der Waals surface area contributed by atoms with Crippen molar-refractivity contribution >= 4 is 11.9 Å². The third-order valence-corrected chi connectivity index (χ3v) is 1.38. The van der Waals surface area contributed by atoms with Gasteiger partial charge in [-0.1, -0.05) is 0 Å². The Bertz CT molecular complexity index is 411. The molecule has 6 N–H and O–H groups in total. The third-order valence-electron chi connectivity index (χ3n) is 1.38. The number of hydrogen-bond acceptors (Lipinski definition) is 4. The number of benzene rings is 1. The van der Waals surface area contributed by atoms with Gasteiger partial charge < -0.3 is 21.7 Å². The normalized spacial score (nSPS) is 10.5. The SMILES string of the molecule is CC(C)(C)N.CC(C)(C)N.O=C(O)c1ccc(C(=O)O)cc1. The number of nitrogens with two attached hydrogens (primary N) is 2. The predicted molar refractivity (Wildman–Crippen MR) is 88.2 cm³/mol. The molecule has 0 unspecified atom stereocenters. The molecular weight excluding hydrogens is 284 g/mol. The van der Waals surface area contributed by atoms with Crippen molar-refractivity contribution < 1.29 is 19.8 Å². The summed E-state index contributed by atoms with van der Waals surface area (Å²) in [5.41, 5.74) is 10.9. The van der Waals surface area contributed by atoms with Gasteiger partial charge in [-0.2, -0.15) is 0 Å². The van der Waals surface area contributed by atoms with E-state index in [2.05, 4.69) is 0 Å². The maximum absolute atomic E-state index is 10.3. The topological polar surface area (TPSA) is 127 Å². The Balaban J connectivity index is 0. The minimum absolute atomic E-state index is 0. The molecule has 0 aliphatic rings. The van der Waals surface area contributed by atoms with Crippen molar-refractivity contribution in [3.63, 3.8) is 0 Å². The first kappa shape index (κ1) is 22.4. The van der Waals surface area contributed by atoms with Crippen LogP contribution in [0.2, 0.25) is 0 Å². The zero-order valence-corrected chi connectivity index (χ0v) is 14.2. The Morgan fingerprint density at radius 3 is 0.955 bits per heavy atom. The Kier molecular flexibility index (Phi) is 9.32. The van der Waals surface area contributed by atoms with E-state index in [1.807, 2.05) is 41.5 Å².